The summed E-state index contributed by atoms with van der Waals surface area (Å²) in [5, 5.41) is 5.31. The molecule has 2 amide bonds. The number of aromatic nitrogens is 1. The second-order valence-electron chi connectivity index (χ2n) is 7.11. The van der Waals surface area contributed by atoms with E-state index in [-0.39, 0.29) is 37.3 Å². The number of nitrogens with one attached hydrogen (secondary N) is 2. The van der Waals surface area contributed by atoms with E-state index in [1.165, 1.54) is 19.2 Å². The van der Waals surface area contributed by atoms with Gasteiger partial charge in [-0.25, -0.2) is 4.39 Å². The predicted molar refractivity (Wildman–Crippen MR) is 116 cm³/mol. The number of rotatable bonds is 11. The SMILES string of the molecule is C=C(CCNC(=O)COc1ccnc(C(C)F)c1)NC(=O)COc1ccc(C)c(C)c1. The molecule has 2 N–H and O–H groups in total. The molecule has 2 rings (SSSR count). The van der Waals surface area contributed by atoms with Crippen LogP contribution in [-0.2, 0) is 9.59 Å². The molecule has 0 aliphatic carbocycles. The van der Waals surface area contributed by atoms with Gasteiger partial charge >= 0.3 is 0 Å². The fraction of sp³-hybridized carbons (Fsp3) is 0.348. The Hall–Kier alpha value is -3.42. The smallest absolute Gasteiger partial charge is 0.262 e. The summed E-state index contributed by atoms with van der Waals surface area (Å²) in [4.78, 5) is 27.7. The summed E-state index contributed by atoms with van der Waals surface area (Å²) >= 11 is 0. The van der Waals surface area contributed by atoms with Crippen molar-refractivity contribution in [2.45, 2.75) is 33.4 Å². The van der Waals surface area contributed by atoms with Crippen LogP contribution in [0.4, 0.5) is 4.39 Å². The second-order valence-corrected chi connectivity index (χ2v) is 7.11. The van der Waals surface area contributed by atoms with Gasteiger partial charge in [-0.1, -0.05) is 12.6 Å². The number of nitrogens with zero attached hydrogens (tertiary/aromatic N) is 1. The van der Waals surface area contributed by atoms with Crippen LogP contribution in [0.3, 0.4) is 0 Å². The van der Waals surface area contributed by atoms with Gasteiger partial charge in [0.2, 0.25) is 0 Å². The number of hydrogen-bond donors (Lipinski definition) is 2. The van der Waals surface area contributed by atoms with Crippen LogP contribution in [-0.4, -0.2) is 36.6 Å². The van der Waals surface area contributed by atoms with Crippen molar-refractivity contribution in [3.8, 4) is 11.5 Å². The predicted octanol–water partition coefficient (Wildman–Crippen LogP) is 3.32. The maximum atomic E-state index is 13.3. The van der Waals surface area contributed by atoms with Gasteiger partial charge in [0.25, 0.3) is 11.8 Å². The second kappa shape index (κ2) is 11.7. The largest absolute Gasteiger partial charge is 0.484 e. The molecule has 1 heterocycles. The number of hydrogen-bond acceptors (Lipinski definition) is 5. The summed E-state index contributed by atoms with van der Waals surface area (Å²) in [6.45, 7) is 9.06. The van der Waals surface area contributed by atoms with Gasteiger partial charge < -0.3 is 20.1 Å². The summed E-state index contributed by atoms with van der Waals surface area (Å²) in [6.07, 6.45) is 0.569. The molecule has 1 aromatic heterocycles. The van der Waals surface area contributed by atoms with Crippen LogP contribution in [0.25, 0.3) is 0 Å². The zero-order valence-corrected chi connectivity index (χ0v) is 18.0. The minimum absolute atomic E-state index is 0.132. The molecule has 2 aromatic rings. The van der Waals surface area contributed by atoms with Crippen molar-refractivity contribution in [2.75, 3.05) is 19.8 Å². The lowest BCUT2D eigenvalue weighted by molar-refractivity contribution is -0.123. The molecule has 0 saturated carbocycles. The van der Waals surface area contributed by atoms with E-state index in [9.17, 15) is 14.0 Å². The fourth-order valence-electron chi connectivity index (χ4n) is 2.54. The lowest BCUT2D eigenvalue weighted by Gasteiger charge is -2.12. The highest BCUT2D eigenvalue weighted by atomic mass is 19.1. The monoisotopic (exact) mass is 429 g/mol. The molecular formula is C23H28FN3O4. The first-order valence-electron chi connectivity index (χ1n) is 9.92. The lowest BCUT2D eigenvalue weighted by Crippen LogP contribution is -2.32. The molecule has 7 nitrogen and oxygen atoms in total. The van der Waals surface area contributed by atoms with Gasteiger partial charge in [0.1, 0.15) is 17.7 Å². The summed E-state index contributed by atoms with van der Waals surface area (Å²) in [6, 6.07) is 8.63. The van der Waals surface area contributed by atoms with Crippen molar-refractivity contribution >= 4 is 11.8 Å². The number of alkyl halides is 1. The first-order chi connectivity index (χ1) is 14.7. The Morgan fingerprint density at radius 2 is 1.74 bits per heavy atom. The highest BCUT2D eigenvalue weighted by molar-refractivity contribution is 5.79. The first kappa shape index (κ1) is 23.9. The van der Waals surface area contributed by atoms with E-state index in [4.69, 9.17) is 9.47 Å². The number of carbonyl (C=O) groups excluding carboxylic acids is 2. The minimum Gasteiger partial charge on any atom is -0.484 e. The van der Waals surface area contributed by atoms with Gasteiger partial charge in [-0.2, -0.15) is 0 Å². The third kappa shape index (κ3) is 8.46. The summed E-state index contributed by atoms with van der Waals surface area (Å²) in [5.74, 6) is 0.320. The Morgan fingerprint density at radius 3 is 2.42 bits per heavy atom. The van der Waals surface area contributed by atoms with Crippen molar-refractivity contribution in [3.05, 3.63) is 65.6 Å². The number of ether oxygens (including phenoxy) is 2. The molecular weight excluding hydrogens is 401 g/mol. The molecule has 0 saturated heterocycles. The molecule has 0 radical (unpaired) electrons. The van der Waals surface area contributed by atoms with Crippen molar-refractivity contribution in [1.29, 1.82) is 0 Å². The highest BCUT2D eigenvalue weighted by Crippen LogP contribution is 2.19. The number of aryl methyl sites for hydroxylation is 2. The van der Waals surface area contributed by atoms with E-state index in [0.29, 0.717) is 23.6 Å². The summed E-state index contributed by atoms with van der Waals surface area (Å²) in [7, 11) is 0. The number of amides is 2. The van der Waals surface area contributed by atoms with Crippen LogP contribution in [0, 0.1) is 13.8 Å². The topological polar surface area (TPSA) is 89.5 Å². The molecule has 0 spiro atoms. The zero-order valence-electron chi connectivity index (χ0n) is 18.0. The third-order valence-electron chi connectivity index (χ3n) is 4.44. The molecule has 1 unspecified atom stereocenters. The van der Waals surface area contributed by atoms with Gasteiger partial charge in [0.15, 0.2) is 13.2 Å². The Balaban J connectivity index is 1.63. The van der Waals surface area contributed by atoms with Gasteiger partial charge in [0.05, 0.1) is 5.69 Å². The van der Waals surface area contributed by atoms with Gasteiger partial charge in [-0.05, 0) is 50.1 Å². The molecule has 1 aromatic carbocycles. The molecule has 0 fully saturated rings. The Labute approximate surface area is 181 Å². The number of pyridine rings is 1. The lowest BCUT2D eigenvalue weighted by atomic mass is 10.1. The zero-order chi connectivity index (χ0) is 22.8. The number of halogens is 1. The maximum Gasteiger partial charge on any atom is 0.262 e. The standard InChI is InChI=1S/C23H28FN3O4/c1-15-5-6-19(11-16(15)2)31-14-23(29)27-17(3)7-9-26-22(28)13-30-20-8-10-25-21(12-20)18(4)24/h5-6,8,10-12,18H,3,7,9,13-14H2,1-2,4H3,(H,26,28)(H,27,29). The Bertz CT molecular complexity index is 931. The summed E-state index contributed by atoms with van der Waals surface area (Å²) < 4.78 is 24.1. The first-order valence-corrected chi connectivity index (χ1v) is 9.92. The quantitative estimate of drug-likeness (QED) is 0.572. The Morgan fingerprint density at radius 1 is 1.06 bits per heavy atom. The van der Waals surface area contributed by atoms with Gasteiger partial charge in [-0.3, -0.25) is 14.6 Å². The van der Waals surface area contributed by atoms with Gasteiger partial charge in [-0.15, -0.1) is 0 Å². The van der Waals surface area contributed by atoms with Crippen molar-refractivity contribution in [2.24, 2.45) is 0 Å². The molecule has 31 heavy (non-hydrogen) atoms. The van der Waals surface area contributed by atoms with Gasteiger partial charge in [0, 0.05) is 30.9 Å². The van der Waals surface area contributed by atoms with Crippen LogP contribution < -0.4 is 20.1 Å². The Kier molecular flexibility index (Phi) is 8.99. The van der Waals surface area contributed by atoms with E-state index < -0.39 is 6.17 Å². The number of benzene rings is 1. The third-order valence-corrected chi connectivity index (χ3v) is 4.44. The highest BCUT2D eigenvalue weighted by Gasteiger charge is 2.09. The molecule has 8 heteroatoms. The van der Waals surface area contributed by atoms with E-state index in [1.54, 1.807) is 6.07 Å². The molecule has 0 aliphatic heterocycles. The molecule has 1 atom stereocenters. The minimum atomic E-state index is -1.22. The average molecular weight is 429 g/mol. The average Bonchev–Trinajstić information content (AvgIpc) is 2.73. The summed E-state index contributed by atoms with van der Waals surface area (Å²) in [5.41, 5.74) is 2.94. The van der Waals surface area contributed by atoms with Crippen LogP contribution in [0.5, 0.6) is 11.5 Å². The number of carbonyl (C=O) groups is 2. The van der Waals surface area contributed by atoms with E-state index in [1.807, 2.05) is 32.0 Å². The van der Waals surface area contributed by atoms with Crippen LogP contribution in [0.15, 0.2) is 48.8 Å². The molecule has 0 aliphatic rings. The van der Waals surface area contributed by atoms with E-state index >= 15 is 0 Å². The van der Waals surface area contributed by atoms with Crippen molar-refractivity contribution in [3.63, 3.8) is 0 Å². The van der Waals surface area contributed by atoms with Crippen molar-refractivity contribution < 1.29 is 23.5 Å². The fourth-order valence-corrected chi connectivity index (χ4v) is 2.54. The van der Waals surface area contributed by atoms with Crippen LogP contribution >= 0.6 is 0 Å². The maximum absolute atomic E-state index is 13.3. The van der Waals surface area contributed by atoms with E-state index in [2.05, 4.69) is 22.2 Å². The normalized spacial score (nSPS) is 11.4. The molecule has 166 valence electrons. The van der Waals surface area contributed by atoms with E-state index in [0.717, 1.165) is 11.1 Å². The van der Waals surface area contributed by atoms with Crippen molar-refractivity contribution in [1.82, 2.24) is 15.6 Å². The van der Waals surface area contributed by atoms with Crippen LogP contribution in [0.2, 0.25) is 0 Å². The molecule has 0 bridgehead atoms. The van der Waals surface area contributed by atoms with Crippen LogP contribution in [0.1, 0.15) is 36.3 Å².